The quantitative estimate of drug-likeness (QED) is 0.460. The Hall–Kier alpha value is -3.40. The highest BCUT2D eigenvalue weighted by molar-refractivity contribution is 7.89. The van der Waals surface area contributed by atoms with Gasteiger partial charge in [-0.05, 0) is 55.0 Å². The number of hydrogen-bond donors (Lipinski definition) is 1. The lowest BCUT2D eigenvalue weighted by Crippen LogP contribution is -2.48. The van der Waals surface area contributed by atoms with E-state index < -0.39 is 10.0 Å². The number of amides is 1. The molecule has 0 saturated carbocycles. The molecule has 1 heterocycles. The van der Waals surface area contributed by atoms with Gasteiger partial charge >= 0.3 is 0 Å². The molecule has 8 nitrogen and oxygen atoms in total. The van der Waals surface area contributed by atoms with Crippen molar-refractivity contribution in [1.29, 1.82) is 0 Å². The predicted molar refractivity (Wildman–Crippen MR) is 142 cm³/mol. The normalized spacial score (nSPS) is 15.6. The monoisotopic (exact) mass is 523 g/mol. The third-order valence-corrected chi connectivity index (χ3v) is 8.50. The van der Waals surface area contributed by atoms with E-state index in [1.54, 1.807) is 42.8 Å². The summed E-state index contributed by atoms with van der Waals surface area (Å²) in [5.74, 6) is 1.20. The summed E-state index contributed by atoms with van der Waals surface area (Å²) >= 11 is 0. The fraction of sp³-hybridized carbons (Fsp3) is 0.321. The number of nitrogens with one attached hydrogen (secondary N) is 1. The fourth-order valence-electron chi connectivity index (χ4n) is 4.42. The summed E-state index contributed by atoms with van der Waals surface area (Å²) in [4.78, 5) is 15.4. The molecule has 4 rings (SSSR count). The minimum Gasteiger partial charge on any atom is -0.497 e. The highest BCUT2D eigenvalue weighted by Crippen LogP contribution is 2.29. The van der Waals surface area contributed by atoms with Gasteiger partial charge in [0, 0.05) is 43.9 Å². The van der Waals surface area contributed by atoms with Crippen molar-refractivity contribution in [3.63, 3.8) is 0 Å². The lowest BCUT2D eigenvalue weighted by atomic mass is 10.1. The molecule has 1 amide bonds. The first kappa shape index (κ1) is 26.7. The van der Waals surface area contributed by atoms with Crippen molar-refractivity contribution in [3.05, 3.63) is 89.5 Å². The van der Waals surface area contributed by atoms with E-state index in [4.69, 9.17) is 9.47 Å². The first-order valence-electron chi connectivity index (χ1n) is 12.2. The zero-order valence-corrected chi connectivity index (χ0v) is 22.2. The number of hydrogen-bond acceptors (Lipinski definition) is 6. The SMILES string of the molecule is COc1ccc(OC)c(C(C)NC(=O)c2ccc(CN3CCN(S(=O)(=O)c4ccccc4)CC3)cc2)c1. The Balaban J connectivity index is 1.32. The number of methoxy groups -OCH3 is 2. The number of nitrogens with zero attached hydrogens (tertiary/aromatic N) is 2. The highest BCUT2D eigenvalue weighted by Gasteiger charge is 2.28. The maximum atomic E-state index is 12.9. The van der Waals surface area contributed by atoms with Crippen LogP contribution in [0.25, 0.3) is 0 Å². The van der Waals surface area contributed by atoms with Crippen LogP contribution in [0.4, 0.5) is 0 Å². The minimum absolute atomic E-state index is 0.177. The van der Waals surface area contributed by atoms with Gasteiger partial charge in [-0.2, -0.15) is 4.31 Å². The summed E-state index contributed by atoms with van der Waals surface area (Å²) in [6.45, 7) is 4.79. The maximum absolute atomic E-state index is 12.9. The first-order chi connectivity index (χ1) is 17.8. The number of carbonyl (C=O) groups excluding carboxylic acids is 1. The smallest absolute Gasteiger partial charge is 0.251 e. The second-order valence-corrected chi connectivity index (χ2v) is 10.9. The van der Waals surface area contributed by atoms with Gasteiger partial charge in [-0.1, -0.05) is 30.3 Å². The van der Waals surface area contributed by atoms with Gasteiger partial charge in [-0.15, -0.1) is 0 Å². The molecule has 1 fully saturated rings. The number of ether oxygens (including phenoxy) is 2. The van der Waals surface area contributed by atoms with Gasteiger partial charge in [0.2, 0.25) is 10.0 Å². The maximum Gasteiger partial charge on any atom is 0.251 e. The number of rotatable bonds is 9. The molecule has 9 heteroatoms. The molecule has 1 aliphatic rings. The molecule has 1 unspecified atom stereocenters. The number of piperazine rings is 1. The third-order valence-electron chi connectivity index (χ3n) is 6.59. The molecular formula is C28H33N3O5S. The molecule has 196 valence electrons. The summed E-state index contributed by atoms with van der Waals surface area (Å²) < 4.78 is 38.0. The molecular weight excluding hydrogens is 490 g/mol. The third kappa shape index (κ3) is 6.30. The molecule has 3 aromatic carbocycles. The van der Waals surface area contributed by atoms with Gasteiger partial charge in [0.15, 0.2) is 0 Å². The molecule has 1 N–H and O–H groups in total. The molecule has 0 spiro atoms. The lowest BCUT2D eigenvalue weighted by molar-refractivity contribution is 0.0939. The minimum atomic E-state index is -3.46. The van der Waals surface area contributed by atoms with Gasteiger partial charge in [-0.3, -0.25) is 9.69 Å². The molecule has 1 aliphatic heterocycles. The number of benzene rings is 3. The van der Waals surface area contributed by atoms with Gasteiger partial charge in [-0.25, -0.2) is 8.42 Å². The Morgan fingerprint density at radius 2 is 1.59 bits per heavy atom. The van der Waals surface area contributed by atoms with Crippen LogP contribution in [0.3, 0.4) is 0 Å². The Bertz CT molecular complexity index is 1310. The van der Waals surface area contributed by atoms with Crippen molar-refractivity contribution in [2.75, 3.05) is 40.4 Å². The van der Waals surface area contributed by atoms with Crippen LogP contribution in [0.1, 0.15) is 34.5 Å². The summed E-state index contributed by atoms with van der Waals surface area (Å²) in [6.07, 6.45) is 0. The topological polar surface area (TPSA) is 88.2 Å². The summed E-state index contributed by atoms with van der Waals surface area (Å²) in [6, 6.07) is 21.3. The van der Waals surface area contributed by atoms with Crippen LogP contribution in [0.5, 0.6) is 11.5 Å². The van der Waals surface area contributed by atoms with Crippen molar-refractivity contribution < 1.29 is 22.7 Å². The van der Waals surface area contributed by atoms with E-state index in [2.05, 4.69) is 10.2 Å². The summed E-state index contributed by atoms with van der Waals surface area (Å²) in [5.41, 5.74) is 2.47. The Morgan fingerprint density at radius 3 is 2.22 bits per heavy atom. The average Bonchev–Trinajstić information content (AvgIpc) is 2.93. The standard InChI is InChI=1S/C28H33N3O5S/c1-21(26-19-24(35-2)13-14-27(26)36-3)29-28(32)23-11-9-22(10-12-23)20-30-15-17-31(18-16-30)37(33,34)25-7-5-4-6-8-25/h4-14,19,21H,15-18,20H2,1-3H3,(H,29,32). The largest absolute Gasteiger partial charge is 0.497 e. The highest BCUT2D eigenvalue weighted by atomic mass is 32.2. The van der Waals surface area contributed by atoms with Gasteiger partial charge in [0.1, 0.15) is 11.5 Å². The predicted octanol–water partition coefficient (Wildman–Crippen LogP) is 3.70. The zero-order valence-electron chi connectivity index (χ0n) is 21.4. The van der Waals surface area contributed by atoms with Crippen molar-refractivity contribution >= 4 is 15.9 Å². The van der Waals surface area contributed by atoms with Crippen LogP contribution in [0, 0.1) is 0 Å². The average molecular weight is 524 g/mol. The Labute approximate surface area is 218 Å². The first-order valence-corrected chi connectivity index (χ1v) is 13.6. The van der Waals surface area contributed by atoms with E-state index in [9.17, 15) is 13.2 Å². The van der Waals surface area contributed by atoms with E-state index >= 15 is 0 Å². The molecule has 0 radical (unpaired) electrons. The molecule has 37 heavy (non-hydrogen) atoms. The Morgan fingerprint density at radius 1 is 0.919 bits per heavy atom. The van der Waals surface area contributed by atoms with Crippen molar-refractivity contribution in [1.82, 2.24) is 14.5 Å². The molecule has 1 atom stereocenters. The summed E-state index contributed by atoms with van der Waals surface area (Å²) in [5, 5.41) is 3.02. The van der Waals surface area contributed by atoms with Crippen LogP contribution in [-0.2, 0) is 16.6 Å². The number of sulfonamides is 1. The van der Waals surface area contributed by atoms with Gasteiger partial charge < -0.3 is 14.8 Å². The van der Waals surface area contributed by atoms with E-state index in [-0.39, 0.29) is 11.9 Å². The second kappa shape index (κ2) is 11.8. The Kier molecular flexibility index (Phi) is 8.48. The molecule has 1 saturated heterocycles. The van der Waals surface area contributed by atoms with E-state index in [1.807, 2.05) is 55.5 Å². The van der Waals surface area contributed by atoms with E-state index in [0.717, 1.165) is 11.1 Å². The molecule has 0 aromatic heterocycles. The summed E-state index contributed by atoms with van der Waals surface area (Å²) in [7, 11) is -0.267. The fourth-order valence-corrected chi connectivity index (χ4v) is 5.87. The van der Waals surface area contributed by atoms with E-state index in [1.165, 1.54) is 0 Å². The van der Waals surface area contributed by atoms with Crippen LogP contribution < -0.4 is 14.8 Å². The van der Waals surface area contributed by atoms with Crippen molar-refractivity contribution in [2.24, 2.45) is 0 Å². The van der Waals surface area contributed by atoms with Crippen LogP contribution in [0.15, 0.2) is 77.7 Å². The van der Waals surface area contributed by atoms with Gasteiger partial charge in [0.05, 0.1) is 25.2 Å². The van der Waals surface area contributed by atoms with Crippen LogP contribution >= 0.6 is 0 Å². The van der Waals surface area contributed by atoms with Gasteiger partial charge in [0.25, 0.3) is 5.91 Å². The molecule has 0 bridgehead atoms. The van der Waals surface area contributed by atoms with Crippen LogP contribution in [-0.4, -0.2) is 63.9 Å². The van der Waals surface area contributed by atoms with Crippen molar-refractivity contribution in [3.8, 4) is 11.5 Å². The van der Waals surface area contributed by atoms with Crippen molar-refractivity contribution in [2.45, 2.75) is 24.4 Å². The second-order valence-electron chi connectivity index (χ2n) is 8.99. The molecule has 0 aliphatic carbocycles. The lowest BCUT2D eigenvalue weighted by Gasteiger charge is -2.34. The van der Waals surface area contributed by atoms with E-state index in [0.29, 0.717) is 54.7 Å². The number of carbonyl (C=O) groups is 1. The zero-order chi connectivity index (χ0) is 26.4. The van der Waals surface area contributed by atoms with Crippen LogP contribution in [0.2, 0.25) is 0 Å². The molecule has 3 aromatic rings.